The molecular formula is C53H43NSi. The number of benzene rings is 8. The van der Waals surface area contributed by atoms with Crippen molar-refractivity contribution in [2.75, 3.05) is 4.90 Å². The van der Waals surface area contributed by atoms with Crippen LogP contribution in [0.5, 0.6) is 0 Å². The predicted molar refractivity (Wildman–Crippen MR) is 236 cm³/mol. The lowest BCUT2D eigenvalue weighted by Crippen LogP contribution is -2.72. The molecule has 10 rings (SSSR count). The van der Waals surface area contributed by atoms with Crippen LogP contribution in [0.1, 0.15) is 36.1 Å². The van der Waals surface area contributed by atoms with Gasteiger partial charge < -0.3 is 4.90 Å². The minimum absolute atomic E-state index is 0.112. The van der Waals surface area contributed by atoms with E-state index < -0.39 is 8.07 Å². The molecule has 1 aliphatic heterocycles. The quantitative estimate of drug-likeness (QED) is 0.155. The lowest BCUT2D eigenvalue weighted by Gasteiger charge is -2.34. The average Bonchev–Trinajstić information content (AvgIpc) is 3.65. The molecule has 1 nitrogen and oxygen atoms in total. The lowest BCUT2D eigenvalue weighted by molar-refractivity contribution is 0.660. The summed E-state index contributed by atoms with van der Waals surface area (Å²) < 4.78 is 0. The largest absolute Gasteiger partial charge is 0.310 e. The van der Waals surface area contributed by atoms with Gasteiger partial charge in [-0.1, -0.05) is 172 Å². The van der Waals surface area contributed by atoms with E-state index in [0.29, 0.717) is 0 Å². The summed E-state index contributed by atoms with van der Waals surface area (Å²) in [4.78, 5) is 2.53. The van der Waals surface area contributed by atoms with Gasteiger partial charge in [0.2, 0.25) is 0 Å². The first kappa shape index (κ1) is 33.4. The maximum Gasteiger partial charge on any atom is 0.180 e. The first-order valence-electron chi connectivity index (χ1n) is 19.4. The Morgan fingerprint density at radius 2 is 0.945 bits per heavy atom. The Balaban J connectivity index is 1.23. The highest BCUT2D eigenvalue weighted by Gasteiger charge is 2.48. The van der Waals surface area contributed by atoms with Crippen molar-refractivity contribution in [2.45, 2.75) is 33.1 Å². The summed E-state index contributed by atoms with van der Waals surface area (Å²) in [6.45, 7) is 9.28. The third-order valence-corrected chi connectivity index (χ3v) is 17.3. The zero-order chi connectivity index (χ0) is 37.3. The molecule has 0 bridgehead atoms. The van der Waals surface area contributed by atoms with Gasteiger partial charge in [0.1, 0.15) is 0 Å². The van der Waals surface area contributed by atoms with E-state index >= 15 is 0 Å². The van der Waals surface area contributed by atoms with Crippen molar-refractivity contribution in [3.05, 3.63) is 210 Å². The van der Waals surface area contributed by atoms with Crippen LogP contribution in [-0.2, 0) is 5.41 Å². The number of fused-ring (bicyclic) bond motifs is 6. The SMILES string of the molecule is Cc1cc(N(c2ccc3c(c2)C(C)(C)c2ccccc2-3)c2cc([Si]3(c4ccccc4)c4ccccc4-c4ccccc43)ccc2C)ccc1-c1ccccc1. The molecule has 2 aliphatic rings. The van der Waals surface area contributed by atoms with Crippen LogP contribution in [0.2, 0.25) is 0 Å². The van der Waals surface area contributed by atoms with Crippen LogP contribution in [0.15, 0.2) is 188 Å². The fourth-order valence-corrected chi connectivity index (χ4v) is 15.0. The number of nitrogens with zero attached hydrogens (tertiary/aromatic N) is 1. The number of anilines is 3. The monoisotopic (exact) mass is 721 g/mol. The van der Waals surface area contributed by atoms with E-state index in [-0.39, 0.29) is 5.41 Å². The average molecular weight is 722 g/mol. The van der Waals surface area contributed by atoms with Crippen LogP contribution < -0.4 is 25.6 Å². The maximum atomic E-state index is 2.54. The first-order valence-corrected chi connectivity index (χ1v) is 21.4. The third kappa shape index (κ3) is 4.98. The molecule has 0 unspecified atom stereocenters. The fraction of sp³-hybridized carbons (Fsp3) is 0.0943. The Morgan fingerprint density at radius 1 is 0.400 bits per heavy atom. The lowest BCUT2D eigenvalue weighted by atomic mass is 9.82. The highest BCUT2D eigenvalue weighted by atomic mass is 28.3. The minimum atomic E-state index is -2.70. The van der Waals surface area contributed by atoms with E-state index in [0.717, 1.165) is 5.69 Å². The molecule has 0 radical (unpaired) electrons. The van der Waals surface area contributed by atoms with Gasteiger partial charge in [-0.3, -0.25) is 0 Å². The molecule has 264 valence electrons. The number of hydrogen-bond donors (Lipinski definition) is 0. The van der Waals surface area contributed by atoms with Crippen LogP contribution in [0.4, 0.5) is 17.1 Å². The molecule has 0 atom stereocenters. The second-order valence-electron chi connectivity index (χ2n) is 15.8. The summed E-state index contributed by atoms with van der Waals surface area (Å²) in [5, 5.41) is 5.73. The van der Waals surface area contributed by atoms with Gasteiger partial charge in [0.05, 0.1) is 0 Å². The van der Waals surface area contributed by atoms with Crippen molar-refractivity contribution in [3.8, 4) is 33.4 Å². The molecule has 1 heterocycles. The molecule has 0 spiro atoms. The van der Waals surface area contributed by atoms with Gasteiger partial charge in [-0.2, -0.15) is 0 Å². The first-order chi connectivity index (χ1) is 26.9. The molecule has 0 saturated carbocycles. The van der Waals surface area contributed by atoms with E-state index in [1.54, 1.807) is 0 Å². The van der Waals surface area contributed by atoms with Gasteiger partial charge in [0.25, 0.3) is 0 Å². The summed E-state index contributed by atoms with van der Waals surface area (Å²) in [6, 6.07) is 70.8. The Bertz CT molecular complexity index is 2720. The van der Waals surface area contributed by atoms with Crippen LogP contribution in [0.25, 0.3) is 33.4 Å². The zero-order valence-corrected chi connectivity index (χ0v) is 32.8. The number of aryl methyl sites for hydroxylation is 2. The van der Waals surface area contributed by atoms with Gasteiger partial charge in [-0.25, -0.2) is 0 Å². The summed E-state index contributed by atoms with van der Waals surface area (Å²) in [5.74, 6) is 0. The van der Waals surface area contributed by atoms with Crippen molar-refractivity contribution >= 4 is 45.9 Å². The van der Waals surface area contributed by atoms with Crippen molar-refractivity contribution in [3.63, 3.8) is 0 Å². The Morgan fingerprint density at radius 3 is 1.62 bits per heavy atom. The smallest absolute Gasteiger partial charge is 0.180 e. The Hall–Kier alpha value is -6.22. The van der Waals surface area contributed by atoms with Crippen molar-refractivity contribution in [2.24, 2.45) is 0 Å². The summed E-state index contributed by atoms with van der Waals surface area (Å²) in [5.41, 5.74) is 16.6. The number of hydrogen-bond acceptors (Lipinski definition) is 1. The van der Waals surface area contributed by atoms with Crippen molar-refractivity contribution in [1.29, 1.82) is 0 Å². The Kier molecular flexibility index (Phi) is 7.69. The maximum absolute atomic E-state index is 2.70. The summed E-state index contributed by atoms with van der Waals surface area (Å²) in [7, 11) is -2.70. The standard InChI is InChI=1S/C53H43NSi/c1-36-27-30-42(55(41-19-9-6-10-20-41)51-25-15-12-22-46(51)47-23-13-16-26-52(47)55)35-50(36)54(39-28-31-43(37(2)33-39)38-17-7-5-8-18-38)40-29-32-45-44-21-11-14-24-48(44)53(3,4)49(45)34-40/h5-35H,1-4H3. The second kappa shape index (κ2) is 12.7. The highest BCUT2D eigenvalue weighted by molar-refractivity contribution is 7.22. The zero-order valence-electron chi connectivity index (χ0n) is 31.8. The molecule has 0 fully saturated rings. The molecular weight excluding hydrogens is 679 g/mol. The van der Waals surface area contributed by atoms with E-state index in [9.17, 15) is 0 Å². The summed E-state index contributed by atoms with van der Waals surface area (Å²) in [6.07, 6.45) is 0. The van der Waals surface area contributed by atoms with Crippen LogP contribution in [0, 0.1) is 13.8 Å². The van der Waals surface area contributed by atoms with E-state index in [1.165, 1.54) is 87.8 Å². The number of rotatable bonds is 6. The fourth-order valence-electron chi connectivity index (χ4n) is 9.78. The van der Waals surface area contributed by atoms with Crippen LogP contribution >= 0.6 is 0 Å². The summed E-state index contributed by atoms with van der Waals surface area (Å²) >= 11 is 0. The molecule has 0 saturated heterocycles. The van der Waals surface area contributed by atoms with Crippen LogP contribution in [0.3, 0.4) is 0 Å². The molecule has 0 aromatic heterocycles. The third-order valence-electron chi connectivity index (χ3n) is 12.4. The minimum Gasteiger partial charge on any atom is -0.310 e. The van der Waals surface area contributed by atoms with Gasteiger partial charge in [-0.15, -0.1) is 0 Å². The molecule has 0 N–H and O–H groups in total. The van der Waals surface area contributed by atoms with Gasteiger partial charge in [0, 0.05) is 22.5 Å². The highest BCUT2D eigenvalue weighted by Crippen LogP contribution is 2.51. The molecule has 8 aromatic rings. The molecule has 1 aliphatic carbocycles. The van der Waals surface area contributed by atoms with E-state index in [1.807, 2.05) is 0 Å². The molecule has 8 aromatic carbocycles. The van der Waals surface area contributed by atoms with Crippen LogP contribution in [-0.4, -0.2) is 8.07 Å². The topological polar surface area (TPSA) is 3.24 Å². The molecule has 2 heteroatoms. The second-order valence-corrected chi connectivity index (χ2v) is 19.5. The van der Waals surface area contributed by atoms with E-state index in [2.05, 4.69) is 221 Å². The predicted octanol–water partition coefficient (Wildman–Crippen LogP) is 11.1. The van der Waals surface area contributed by atoms with Crippen molar-refractivity contribution < 1.29 is 0 Å². The van der Waals surface area contributed by atoms with Gasteiger partial charge in [0.15, 0.2) is 8.07 Å². The molecule has 0 amide bonds. The molecule has 55 heavy (non-hydrogen) atoms. The van der Waals surface area contributed by atoms with E-state index in [4.69, 9.17) is 0 Å². The normalized spacial score (nSPS) is 14.1. The van der Waals surface area contributed by atoms with Crippen molar-refractivity contribution in [1.82, 2.24) is 0 Å². The Labute approximate surface area is 326 Å². The van der Waals surface area contributed by atoms with Gasteiger partial charge >= 0.3 is 0 Å². The van der Waals surface area contributed by atoms with Gasteiger partial charge in [-0.05, 0) is 121 Å².